The first-order chi connectivity index (χ1) is 9.58. The lowest BCUT2D eigenvalue weighted by Crippen LogP contribution is -2.45. The summed E-state index contributed by atoms with van der Waals surface area (Å²) in [4.78, 5) is 0. The van der Waals surface area contributed by atoms with Crippen LogP contribution in [0.5, 0.6) is 11.5 Å². The van der Waals surface area contributed by atoms with Crippen molar-refractivity contribution >= 4 is 0 Å². The van der Waals surface area contributed by atoms with Crippen molar-refractivity contribution in [3.05, 3.63) is 41.7 Å². The second-order valence-corrected chi connectivity index (χ2v) is 4.83. The van der Waals surface area contributed by atoms with E-state index in [1.807, 2.05) is 48.9 Å². The average molecular weight is 277 g/mol. The summed E-state index contributed by atoms with van der Waals surface area (Å²) >= 11 is 0. The van der Waals surface area contributed by atoms with Gasteiger partial charge in [0.1, 0.15) is 24.2 Å². The number of aliphatic hydroxyl groups excluding tert-OH is 1. The molecule has 0 saturated heterocycles. The number of nitrogens with one attached hydrogen (secondary N) is 1. The van der Waals surface area contributed by atoms with Crippen LogP contribution in [-0.2, 0) is 6.54 Å². The van der Waals surface area contributed by atoms with E-state index in [-0.39, 0.29) is 6.61 Å². The topological polar surface area (TPSA) is 58.4 Å². The molecule has 2 rings (SSSR count). The third kappa shape index (κ3) is 3.74. The van der Waals surface area contributed by atoms with E-state index in [0.717, 1.165) is 17.1 Å². The maximum absolute atomic E-state index is 10.0. The minimum Gasteiger partial charge on any atom is -0.497 e. The van der Waals surface area contributed by atoms with Crippen LogP contribution in [0.3, 0.4) is 0 Å². The normalized spacial score (nSPS) is 12.2. The van der Waals surface area contributed by atoms with Gasteiger partial charge in [-0.05, 0) is 31.2 Å². The number of aryl methyl sites for hydroxylation is 2. The summed E-state index contributed by atoms with van der Waals surface area (Å²) in [5, 5.41) is 13.2. The molecule has 0 aliphatic rings. The number of rotatable bonds is 6. The molecule has 2 aromatic rings. The van der Waals surface area contributed by atoms with Crippen LogP contribution < -0.4 is 14.2 Å². The zero-order valence-corrected chi connectivity index (χ0v) is 12.1. The Morgan fingerprint density at radius 1 is 1.20 bits per heavy atom. The third-order valence-corrected chi connectivity index (χ3v) is 3.06. The lowest BCUT2D eigenvalue weighted by molar-refractivity contribution is -0.761. The van der Waals surface area contributed by atoms with Gasteiger partial charge in [-0.15, -0.1) is 4.68 Å². The molecule has 5 nitrogen and oxygen atoms in total. The average Bonchev–Trinajstić information content (AvgIpc) is 2.75. The van der Waals surface area contributed by atoms with Gasteiger partial charge in [0, 0.05) is 13.0 Å². The van der Waals surface area contributed by atoms with E-state index in [2.05, 4.69) is 5.10 Å². The Morgan fingerprint density at radius 2 is 1.85 bits per heavy atom. The summed E-state index contributed by atoms with van der Waals surface area (Å²) in [7, 11) is 1.62. The van der Waals surface area contributed by atoms with Crippen LogP contribution in [0.4, 0.5) is 0 Å². The fourth-order valence-electron chi connectivity index (χ4n) is 2.04. The maximum Gasteiger partial charge on any atom is 0.205 e. The van der Waals surface area contributed by atoms with Crippen molar-refractivity contribution in [2.75, 3.05) is 13.7 Å². The zero-order chi connectivity index (χ0) is 14.5. The highest BCUT2D eigenvalue weighted by atomic mass is 16.5. The summed E-state index contributed by atoms with van der Waals surface area (Å²) in [5.74, 6) is 1.50. The number of nitrogens with zero attached hydrogens (tertiary/aromatic N) is 1. The van der Waals surface area contributed by atoms with Gasteiger partial charge in [0.15, 0.2) is 0 Å². The lowest BCUT2D eigenvalue weighted by atomic mass is 10.3. The summed E-state index contributed by atoms with van der Waals surface area (Å²) in [6.07, 6.45) is -0.571. The molecule has 0 aliphatic carbocycles. The number of hydrogen-bond donors (Lipinski definition) is 2. The predicted octanol–water partition coefficient (Wildman–Crippen LogP) is 1.37. The van der Waals surface area contributed by atoms with Crippen LogP contribution >= 0.6 is 0 Å². The fourth-order valence-corrected chi connectivity index (χ4v) is 2.04. The van der Waals surface area contributed by atoms with Gasteiger partial charge in [-0.1, -0.05) is 0 Å². The number of methoxy groups -OCH3 is 1. The highest BCUT2D eigenvalue weighted by Gasteiger charge is 2.16. The molecule has 0 amide bonds. The van der Waals surface area contributed by atoms with Crippen LogP contribution in [-0.4, -0.2) is 30.0 Å². The van der Waals surface area contributed by atoms with Gasteiger partial charge >= 0.3 is 0 Å². The maximum atomic E-state index is 10.0. The quantitative estimate of drug-likeness (QED) is 0.784. The molecular weight excluding hydrogens is 256 g/mol. The van der Waals surface area contributed by atoms with Crippen LogP contribution in [0.2, 0.25) is 0 Å². The molecule has 2 N–H and O–H groups in total. The predicted molar refractivity (Wildman–Crippen MR) is 75.0 cm³/mol. The van der Waals surface area contributed by atoms with E-state index >= 15 is 0 Å². The molecule has 0 saturated carbocycles. The standard InChI is InChI=1S/C15H20N2O3/c1-11-8-12(2)17(16-11)9-13(18)10-20-15-6-4-14(19-3)5-7-15/h4-8,13,18H,9-10H2,1-3H3/p+1. The number of aliphatic hydroxyl groups is 1. The van der Waals surface area contributed by atoms with Crippen LogP contribution in [0.1, 0.15) is 11.4 Å². The van der Waals surface area contributed by atoms with Crippen molar-refractivity contribution in [3.8, 4) is 11.5 Å². The summed E-state index contributed by atoms with van der Waals surface area (Å²) in [5.41, 5.74) is 2.16. The Morgan fingerprint density at radius 3 is 2.40 bits per heavy atom. The number of hydrogen-bond acceptors (Lipinski definition) is 3. The molecule has 1 aromatic heterocycles. The molecule has 0 fully saturated rings. The highest BCUT2D eigenvalue weighted by Crippen LogP contribution is 2.17. The van der Waals surface area contributed by atoms with E-state index < -0.39 is 6.10 Å². The van der Waals surface area contributed by atoms with Crippen molar-refractivity contribution < 1.29 is 19.3 Å². The molecule has 5 heteroatoms. The molecule has 0 bridgehead atoms. The van der Waals surface area contributed by atoms with E-state index in [0.29, 0.717) is 12.3 Å². The SMILES string of the molecule is COc1ccc(OCC(O)C[n+]2[nH]c(C)cc2C)cc1. The van der Waals surface area contributed by atoms with Gasteiger partial charge in [-0.2, -0.15) is 5.10 Å². The Hall–Kier alpha value is -2.01. The fraction of sp³-hybridized carbons (Fsp3) is 0.400. The first-order valence-electron chi connectivity index (χ1n) is 6.59. The van der Waals surface area contributed by atoms with Crippen molar-refractivity contribution in [1.29, 1.82) is 0 Å². The third-order valence-electron chi connectivity index (χ3n) is 3.06. The lowest BCUT2D eigenvalue weighted by Gasteiger charge is -2.10. The van der Waals surface area contributed by atoms with Crippen LogP contribution in [0.25, 0.3) is 0 Å². The molecule has 1 atom stereocenters. The summed E-state index contributed by atoms with van der Waals surface area (Å²) < 4.78 is 12.5. The second kappa shape index (κ2) is 6.43. The Balaban J connectivity index is 1.85. The number of benzene rings is 1. The van der Waals surface area contributed by atoms with Gasteiger partial charge < -0.3 is 14.6 Å². The number of aromatic nitrogens is 2. The van der Waals surface area contributed by atoms with Crippen molar-refractivity contribution in [1.82, 2.24) is 5.10 Å². The molecule has 1 aromatic carbocycles. The highest BCUT2D eigenvalue weighted by molar-refractivity contribution is 5.31. The van der Waals surface area contributed by atoms with E-state index in [1.165, 1.54) is 0 Å². The Kier molecular flexibility index (Phi) is 4.63. The molecule has 0 aliphatic heterocycles. The second-order valence-electron chi connectivity index (χ2n) is 4.83. The number of ether oxygens (including phenoxy) is 2. The van der Waals surface area contributed by atoms with E-state index in [9.17, 15) is 5.11 Å². The van der Waals surface area contributed by atoms with Crippen molar-refractivity contribution in [2.24, 2.45) is 0 Å². The molecule has 0 radical (unpaired) electrons. The molecule has 108 valence electrons. The van der Waals surface area contributed by atoms with Crippen molar-refractivity contribution in [3.63, 3.8) is 0 Å². The minimum atomic E-state index is -0.571. The smallest absolute Gasteiger partial charge is 0.205 e. The first-order valence-corrected chi connectivity index (χ1v) is 6.59. The largest absolute Gasteiger partial charge is 0.497 e. The van der Waals surface area contributed by atoms with Crippen molar-refractivity contribution in [2.45, 2.75) is 26.5 Å². The molecule has 1 unspecified atom stereocenters. The minimum absolute atomic E-state index is 0.247. The van der Waals surface area contributed by atoms with Gasteiger partial charge in [-0.3, -0.25) is 0 Å². The molecule has 20 heavy (non-hydrogen) atoms. The molecular formula is C15H21N2O3+. The van der Waals surface area contributed by atoms with E-state index in [1.54, 1.807) is 7.11 Å². The summed E-state index contributed by atoms with van der Waals surface area (Å²) in [6, 6.07) is 9.34. The molecule has 0 spiro atoms. The van der Waals surface area contributed by atoms with Gasteiger partial charge in [-0.25, -0.2) is 0 Å². The van der Waals surface area contributed by atoms with E-state index in [4.69, 9.17) is 9.47 Å². The van der Waals surface area contributed by atoms with Crippen LogP contribution in [0, 0.1) is 13.8 Å². The monoisotopic (exact) mass is 277 g/mol. The van der Waals surface area contributed by atoms with Gasteiger partial charge in [0.2, 0.25) is 12.2 Å². The Bertz CT molecular complexity index is 549. The number of aromatic amines is 1. The van der Waals surface area contributed by atoms with Gasteiger partial charge in [0.25, 0.3) is 0 Å². The first kappa shape index (κ1) is 14.4. The van der Waals surface area contributed by atoms with Gasteiger partial charge in [0.05, 0.1) is 12.8 Å². The molecule has 1 heterocycles. The zero-order valence-electron chi connectivity index (χ0n) is 12.1. The Labute approximate surface area is 118 Å². The van der Waals surface area contributed by atoms with Crippen LogP contribution in [0.15, 0.2) is 30.3 Å². The summed E-state index contributed by atoms with van der Waals surface area (Å²) in [6.45, 7) is 4.72. The number of H-pyrrole nitrogens is 1.